The largest absolute Gasteiger partial charge is 0.746 e. The molecule has 0 fully saturated rings. The van der Waals surface area contributed by atoms with Gasteiger partial charge in [-0.25, -0.2) is 8.42 Å². The number of benzene rings is 2. The molecule has 5 nitrogen and oxygen atoms in total. The molecule has 0 aliphatic carbocycles. The van der Waals surface area contributed by atoms with Crippen molar-refractivity contribution in [3.05, 3.63) is 65.2 Å². The third-order valence-corrected chi connectivity index (χ3v) is 4.33. The first kappa shape index (κ1) is 20.4. The molecule has 2 rings (SSSR count). The molecule has 0 spiro atoms. The summed E-state index contributed by atoms with van der Waals surface area (Å²) in [5.74, 6) is 0. The quantitative estimate of drug-likeness (QED) is 0.765. The summed E-state index contributed by atoms with van der Waals surface area (Å²) in [6, 6.07) is 14.8. The van der Waals surface area contributed by atoms with Crippen LogP contribution in [0.4, 0.5) is 5.69 Å². The molecule has 1 atom stereocenters. The highest BCUT2D eigenvalue weighted by atomic mass is 35.5. The molecule has 0 aliphatic rings. The number of hydrogen-bond donors (Lipinski definition) is 2. The lowest BCUT2D eigenvalue weighted by Gasteiger charge is -2.23. The standard InChI is InChI=1S/C13H12ClNO3S.C4H11N/c14-11-8-6-10(7-9-11)13(19(16,17)18)15-12-4-2-1-3-5-12;1-3-5-4-2/h1-9,13,15H,(H,16,17,18);5H,3-4H2,1-2H3. The third kappa shape index (κ3) is 7.31. The number of nitrogens with one attached hydrogen (secondary N) is 1. The van der Waals surface area contributed by atoms with Crippen molar-refractivity contribution in [1.82, 2.24) is 0 Å². The number of rotatable bonds is 6. The lowest BCUT2D eigenvalue weighted by molar-refractivity contribution is -0.648. The number of para-hydroxylation sites is 1. The topological polar surface area (TPSA) is 85.8 Å². The highest BCUT2D eigenvalue weighted by Crippen LogP contribution is 2.25. The molecule has 24 heavy (non-hydrogen) atoms. The Morgan fingerprint density at radius 1 is 1.04 bits per heavy atom. The summed E-state index contributed by atoms with van der Waals surface area (Å²) in [5.41, 5.74) is 0.908. The summed E-state index contributed by atoms with van der Waals surface area (Å²) in [4.78, 5) is 0. The summed E-state index contributed by atoms with van der Waals surface area (Å²) in [6.07, 6.45) is 0. The Bertz CT molecular complexity index is 690. The van der Waals surface area contributed by atoms with Crippen molar-refractivity contribution in [2.45, 2.75) is 19.2 Å². The van der Waals surface area contributed by atoms with E-state index in [4.69, 9.17) is 11.6 Å². The van der Waals surface area contributed by atoms with E-state index >= 15 is 0 Å². The van der Waals surface area contributed by atoms with E-state index in [1.54, 1.807) is 42.5 Å². The fourth-order valence-electron chi connectivity index (χ4n) is 1.93. The van der Waals surface area contributed by atoms with Gasteiger partial charge in [0, 0.05) is 10.7 Å². The zero-order chi connectivity index (χ0) is 18.0. The van der Waals surface area contributed by atoms with Crippen molar-refractivity contribution < 1.29 is 18.3 Å². The van der Waals surface area contributed by atoms with Crippen LogP contribution < -0.4 is 10.6 Å². The van der Waals surface area contributed by atoms with Gasteiger partial charge in [-0.3, -0.25) is 0 Å². The average molecular weight is 371 g/mol. The van der Waals surface area contributed by atoms with Crippen LogP contribution in [0.1, 0.15) is 24.8 Å². The van der Waals surface area contributed by atoms with Gasteiger partial charge in [0.05, 0.1) is 13.1 Å². The van der Waals surface area contributed by atoms with Gasteiger partial charge in [-0.1, -0.05) is 41.9 Å². The molecule has 3 N–H and O–H groups in total. The van der Waals surface area contributed by atoms with Crippen LogP contribution >= 0.6 is 11.6 Å². The Hall–Kier alpha value is -1.60. The molecular weight excluding hydrogens is 348 g/mol. The normalized spacial score (nSPS) is 12.0. The van der Waals surface area contributed by atoms with E-state index in [-0.39, 0.29) is 0 Å². The Morgan fingerprint density at radius 2 is 1.58 bits per heavy atom. The highest BCUT2D eigenvalue weighted by Gasteiger charge is 2.18. The maximum atomic E-state index is 11.4. The Labute approximate surface area is 148 Å². The molecular formula is C17H23ClN2O3S. The molecule has 1 unspecified atom stereocenters. The zero-order valence-electron chi connectivity index (χ0n) is 13.8. The van der Waals surface area contributed by atoms with Gasteiger partial charge in [-0.05, 0) is 43.7 Å². The summed E-state index contributed by atoms with van der Waals surface area (Å²) in [5, 5.41) is 4.10. The predicted molar refractivity (Wildman–Crippen MR) is 97.0 cm³/mol. The van der Waals surface area contributed by atoms with Gasteiger partial charge in [0.2, 0.25) is 0 Å². The monoisotopic (exact) mass is 370 g/mol. The summed E-state index contributed by atoms with van der Waals surface area (Å²) in [7, 11) is -4.53. The molecule has 0 aliphatic heterocycles. The molecule has 0 saturated carbocycles. The van der Waals surface area contributed by atoms with Crippen molar-refractivity contribution in [2.75, 3.05) is 18.4 Å². The van der Waals surface area contributed by atoms with Crippen LogP contribution in [0.3, 0.4) is 0 Å². The fraction of sp³-hybridized carbons (Fsp3) is 0.294. The van der Waals surface area contributed by atoms with Crippen LogP contribution in [0.5, 0.6) is 0 Å². The lowest BCUT2D eigenvalue weighted by atomic mass is 10.2. The van der Waals surface area contributed by atoms with Gasteiger partial charge >= 0.3 is 0 Å². The summed E-state index contributed by atoms with van der Waals surface area (Å²) < 4.78 is 34.1. The fourth-order valence-corrected chi connectivity index (χ4v) is 2.83. The van der Waals surface area contributed by atoms with E-state index in [9.17, 15) is 13.0 Å². The average Bonchev–Trinajstić information content (AvgIpc) is 2.55. The predicted octanol–water partition coefficient (Wildman–Crippen LogP) is 2.59. The van der Waals surface area contributed by atoms with E-state index < -0.39 is 15.5 Å². The van der Waals surface area contributed by atoms with E-state index in [1.807, 2.05) is 0 Å². The number of halogens is 1. The van der Waals surface area contributed by atoms with Gasteiger partial charge < -0.3 is 15.2 Å². The minimum Gasteiger partial charge on any atom is -0.746 e. The van der Waals surface area contributed by atoms with Gasteiger partial charge in [-0.15, -0.1) is 0 Å². The molecule has 7 heteroatoms. The van der Waals surface area contributed by atoms with Crippen LogP contribution in [0.2, 0.25) is 5.02 Å². The first-order valence-electron chi connectivity index (χ1n) is 7.71. The van der Waals surface area contributed by atoms with Crippen LogP contribution in [0, 0.1) is 0 Å². The van der Waals surface area contributed by atoms with Gasteiger partial charge in [-0.2, -0.15) is 0 Å². The van der Waals surface area contributed by atoms with Crippen molar-refractivity contribution in [3.63, 3.8) is 0 Å². The second-order valence-electron chi connectivity index (χ2n) is 5.04. The first-order chi connectivity index (χ1) is 11.4. The molecule has 0 aromatic heterocycles. The van der Waals surface area contributed by atoms with E-state index in [2.05, 4.69) is 24.5 Å². The third-order valence-electron chi connectivity index (χ3n) is 3.11. The number of nitrogens with two attached hydrogens (primary N) is 1. The smallest absolute Gasteiger partial charge is 0.143 e. The molecule has 0 heterocycles. The molecule has 0 amide bonds. The second-order valence-corrected chi connectivity index (χ2v) is 6.93. The van der Waals surface area contributed by atoms with Crippen LogP contribution in [0.15, 0.2) is 54.6 Å². The van der Waals surface area contributed by atoms with E-state index in [0.717, 1.165) is 0 Å². The van der Waals surface area contributed by atoms with Crippen molar-refractivity contribution in [1.29, 1.82) is 0 Å². The molecule has 0 saturated heterocycles. The highest BCUT2D eigenvalue weighted by molar-refractivity contribution is 7.86. The van der Waals surface area contributed by atoms with Crippen molar-refractivity contribution >= 4 is 27.4 Å². The van der Waals surface area contributed by atoms with Gasteiger partial charge in [0.1, 0.15) is 15.5 Å². The Balaban J connectivity index is 0.000000505. The van der Waals surface area contributed by atoms with Crippen molar-refractivity contribution in [2.24, 2.45) is 0 Å². The second kappa shape index (κ2) is 10.3. The zero-order valence-corrected chi connectivity index (χ0v) is 15.3. The first-order valence-corrected chi connectivity index (χ1v) is 9.56. The number of quaternary nitrogens is 1. The van der Waals surface area contributed by atoms with Gasteiger partial charge in [0.15, 0.2) is 0 Å². The Morgan fingerprint density at radius 3 is 2.00 bits per heavy atom. The van der Waals surface area contributed by atoms with E-state index in [0.29, 0.717) is 16.3 Å². The van der Waals surface area contributed by atoms with E-state index in [1.165, 1.54) is 25.2 Å². The molecule has 132 valence electrons. The van der Waals surface area contributed by atoms with Crippen molar-refractivity contribution in [3.8, 4) is 0 Å². The maximum Gasteiger partial charge on any atom is 0.143 e. The maximum absolute atomic E-state index is 11.4. The van der Waals surface area contributed by atoms with Gasteiger partial charge in [0.25, 0.3) is 0 Å². The minimum absolute atomic E-state index is 0.350. The summed E-state index contributed by atoms with van der Waals surface area (Å²) >= 11 is 5.74. The van der Waals surface area contributed by atoms with Crippen LogP contribution in [-0.4, -0.2) is 26.1 Å². The van der Waals surface area contributed by atoms with Crippen LogP contribution in [0.25, 0.3) is 0 Å². The molecule has 0 radical (unpaired) electrons. The molecule has 0 bridgehead atoms. The lowest BCUT2D eigenvalue weighted by Crippen LogP contribution is -2.82. The summed E-state index contributed by atoms with van der Waals surface area (Å²) in [6.45, 7) is 6.75. The number of anilines is 1. The van der Waals surface area contributed by atoms with Crippen LogP contribution in [-0.2, 0) is 10.1 Å². The molecule has 2 aromatic rings. The SMILES string of the molecule is CC[NH2+]CC.O=S(=O)([O-])C(Nc1ccccc1)c1ccc(Cl)cc1. The minimum atomic E-state index is -4.53. The Kier molecular flexibility index (Phi) is 8.78. The molecule has 2 aromatic carbocycles. The number of hydrogen-bond acceptors (Lipinski definition) is 4.